The van der Waals surface area contributed by atoms with Gasteiger partial charge in [0, 0.05) is 33.5 Å². The fraction of sp³-hybridized carbons (Fsp3) is 0.320. The summed E-state index contributed by atoms with van der Waals surface area (Å²) in [5, 5.41) is 12.6. The summed E-state index contributed by atoms with van der Waals surface area (Å²) in [6, 6.07) is 14.8. The Kier molecular flexibility index (Phi) is 8.50. The first-order valence-electron chi connectivity index (χ1n) is 11.1. The van der Waals surface area contributed by atoms with E-state index >= 15 is 0 Å². The van der Waals surface area contributed by atoms with E-state index in [0.29, 0.717) is 31.4 Å². The molecular weight excluding hydrogens is 432 g/mol. The number of amides is 1. The molecule has 0 unspecified atom stereocenters. The van der Waals surface area contributed by atoms with Gasteiger partial charge in [0.2, 0.25) is 5.82 Å². The number of anilines is 2. The molecule has 2 aromatic carbocycles. The van der Waals surface area contributed by atoms with Gasteiger partial charge in [-0.05, 0) is 36.6 Å². The zero-order chi connectivity index (χ0) is 24.5. The summed E-state index contributed by atoms with van der Waals surface area (Å²) in [6.45, 7) is 1.78. The molecule has 3 rings (SSSR count). The zero-order valence-electron chi connectivity index (χ0n) is 19.7. The summed E-state index contributed by atoms with van der Waals surface area (Å²) in [6.07, 6.45) is 2.37. The first-order chi connectivity index (χ1) is 16.4. The number of aromatic nitrogens is 3. The average molecular weight is 463 g/mol. The van der Waals surface area contributed by atoms with Crippen molar-refractivity contribution in [1.82, 2.24) is 20.5 Å². The average Bonchev–Trinajstić information content (AvgIpc) is 3.29. The van der Waals surface area contributed by atoms with Gasteiger partial charge >= 0.3 is 0 Å². The molecule has 0 aliphatic rings. The molecule has 1 atom stereocenters. The minimum Gasteiger partial charge on any atom is -0.381 e. The van der Waals surface area contributed by atoms with E-state index in [-0.39, 0.29) is 18.2 Å². The van der Waals surface area contributed by atoms with Crippen molar-refractivity contribution in [2.75, 3.05) is 30.9 Å². The maximum atomic E-state index is 12.6. The molecule has 0 aliphatic heterocycles. The number of aromatic amines is 1. The Labute approximate surface area is 199 Å². The number of aryl methyl sites for hydroxylation is 1. The smallest absolute Gasteiger partial charge is 0.291 e. The summed E-state index contributed by atoms with van der Waals surface area (Å²) in [5.74, 6) is 0.179. The van der Waals surface area contributed by atoms with Gasteiger partial charge < -0.3 is 25.1 Å². The van der Waals surface area contributed by atoms with Crippen LogP contribution in [0.25, 0.3) is 0 Å². The molecule has 0 aliphatic carbocycles. The maximum absolute atomic E-state index is 12.6. The number of Topliss-reactive ketones (excluding diaryl/α,β-unsaturated/α-hetero) is 1. The molecule has 178 valence electrons. The molecule has 1 aromatic heterocycles. The zero-order valence-corrected chi connectivity index (χ0v) is 19.7. The number of nitrogens with zero attached hydrogens (tertiary/aromatic N) is 3. The molecule has 1 amide bonds. The summed E-state index contributed by atoms with van der Waals surface area (Å²) < 4.78 is 0. The van der Waals surface area contributed by atoms with Gasteiger partial charge in [-0.3, -0.25) is 9.89 Å². The van der Waals surface area contributed by atoms with Crippen molar-refractivity contribution < 1.29 is 14.4 Å². The Hall–Kier alpha value is -4.01. The first-order valence-corrected chi connectivity index (χ1v) is 11.1. The maximum Gasteiger partial charge on any atom is 0.291 e. The van der Waals surface area contributed by atoms with E-state index in [1.165, 1.54) is 0 Å². The second-order valence-electron chi connectivity index (χ2n) is 8.31. The normalized spacial score (nSPS) is 11.5. The minimum atomic E-state index is -0.768. The van der Waals surface area contributed by atoms with Crippen molar-refractivity contribution in [3.63, 3.8) is 0 Å². The third-order valence-electron chi connectivity index (χ3n) is 5.25. The summed E-state index contributed by atoms with van der Waals surface area (Å²) >= 11 is 0. The Balaban J connectivity index is 1.59. The number of benzene rings is 2. The second-order valence-corrected chi connectivity index (χ2v) is 8.31. The Morgan fingerprint density at radius 3 is 2.56 bits per heavy atom. The minimum absolute atomic E-state index is 0.0124. The number of rotatable bonds is 12. The highest BCUT2D eigenvalue weighted by atomic mass is 16.2. The summed E-state index contributed by atoms with van der Waals surface area (Å²) in [7, 11) is 3.84. The van der Waals surface area contributed by atoms with Crippen molar-refractivity contribution in [3.8, 4) is 0 Å². The van der Waals surface area contributed by atoms with Gasteiger partial charge in [0.1, 0.15) is 23.9 Å². The molecule has 3 N–H and O–H groups in total. The van der Waals surface area contributed by atoms with Gasteiger partial charge in [0.05, 0.1) is 11.4 Å². The van der Waals surface area contributed by atoms with Crippen LogP contribution in [0.1, 0.15) is 40.9 Å². The van der Waals surface area contributed by atoms with Crippen LogP contribution < -0.4 is 15.5 Å². The topological polar surface area (TPSA) is 120 Å². The van der Waals surface area contributed by atoms with Gasteiger partial charge in [0.25, 0.3) is 5.91 Å². The molecule has 34 heavy (non-hydrogen) atoms. The van der Waals surface area contributed by atoms with Crippen LogP contribution >= 0.6 is 0 Å². The van der Waals surface area contributed by atoms with Gasteiger partial charge in [0.15, 0.2) is 0 Å². The van der Waals surface area contributed by atoms with Crippen LogP contribution in [0.15, 0.2) is 48.5 Å². The van der Waals surface area contributed by atoms with Crippen LogP contribution in [0.3, 0.4) is 0 Å². The van der Waals surface area contributed by atoms with E-state index in [4.69, 9.17) is 0 Å². The highest BCUT2D eigenvalue weighted by molar-refractivity contribution is 5.92. The van der Waals surface area contributed by atoms with Gasteiger partial charge in [-0.1, -0.05) is 36.4 Å². The fourth-order valence-corrected chi connectivity index (χ4v) is 3.42. The van der Waals surface area contributed by atoms with Crippen LogP contribution in [0.4, 0.5) is 11.4 Å². The molecular formula is C25H30N6O3. The van der Waals surface area contributed by atoms with Crippen molar-refractivity contribution in [2.24, 2.45) is 0 Å². The number of H-pyrrole nitrogens is 1. The first kappa shape index (κ1) is 24.6. The van der Waals surface area contributed by atoms with Gasteiger partial charge in [-0.2, -0.15) is 0 Å². The summed E-state index contributed by atoms with van der Waals surface area (Å²) in [4.78, 5) is 41.7. The monoisotopic (exact) mass is 462 g/mol. The third-order valence-corrected chi connectivity index (χ3v) is 5.25. The van der Waals surface area contributed by atoms with E-state index in [9.17, 15) is 14.4 Å². The predicted octanol–water partition coefficient (Wildman–Crippen LogP) is 2.39. The number of carbonyl (C=O) groups is 3. The second kappa shape index (κ2) is 11.7. The number of ketones is 1. The van der Waals surface area contributed by atoms with Crippen LogP contribution in [0.5, 0.6) is 0 Å². The highest BCUT2D eigenvalue weighted by Gasteiger charge is 2.18. The molecule has 0 radical (unpaired) electrons. The van der Waals surface area contributed by atoms with E-state index in [1.807, 2.05) is 67.5 Å². The van der Waals surface area contributed by atoms with E-state index in [0.717, 1.165) is 22.5 Å². The molecule has 0 saturated heterocycles. The molecule has 9 heteroatoms. The largest absolute Gasteiger partial charge is 0.381 e. The number of aldehydes is 1. The standard InChI is InChI=1S/C25H30N6O3/c1-17(33)9-10-19-11-12-21(22(13-19)31(2)3)26-15-20(16-32)27-25(34)24-28-23(29-30-24)14-18-7-5-4-6-8-18/h4-8,11-13,16,20,26H,9-10,14-15H2,1-3H3,(H,27,34)(H,28,29,30)/t20-/m0/s1. The number of hydrogen-bond acceptors (Lipinski definition) is 7. The fourth-order valence-electron chi connectivity index (χ4n) is 3.42. The highest BCUT2D eigenvalue weighted by Crippen LogP contribution is 2.26. The van der Waals surface area contributed by atoms with E-state index in [1.54, 1.807) is 6.92 Å². The van der Waals surface area contributed by atoms with Gasteiger partial charge in [-0.15, -0.1) is 5.10 Å². The van der Waals surface area contributed by atoms with Crippen molar-refractivity contribution in [3.05, 3.63) is 71.3 Å². The van der Waals surface area contributed by atoms with Gasteiger partial charge in [-0.25, -0.2) is 4.98 Å². The van der Waals surface area contributed by atoms with E-state index < -0.39 is 11.9 Å². The van der Waals surface area contributed by atoms with Crippen molar-refractivity contribution >= 4 is 29.4 Å². The predicted molar refractivity (Wildman–Crippen MR) is 131 cm³/mol. The molecule has 0 saturated carbocycles. The lowest BCUT2D eigenvalue weighted by atomic mass is 10.1. The number of nitrogens with one attached hydrogen (secondary N) is 3. The Morgan fingerprint density at radius 1 is 1.12 bits per heavy atom. The molecule has 0 spiro atoms. The van der Waals surface area contributed by atoms with E-state index in [2.05, 4.69) is 25.8 Å². The number of hydrogen-bond donors (Lipinski definition) is 3. The summed E-state index contributed by atoms with van der Waals surface area (Å²) in [5.41, 5.74) is 3.85. The SMILES string of the molecule is CC(=O)CCc1ccc(NC[C@@H](C=O)NC(=O)c2n[nH]c(Cc3ccccc3)n2)c(N(C)C)c1. The molecule has 1 heterocycles. The van der Waals surface area contributed by atoms with Crippen molar-refractivity contribution in [2.45, 2.75) is 32.2 Å². The van der Waals surface area contributed by atoms with Crippen LogP contribution in [-0.4, -0.2) is 59.8 Å². The lowest BCUT2D eigenvalue weighted by Crippen LogP contribution is -2.41. The van der Waals surface area contributed by atoms with Crippen LogP contribution in [0, 0.1) is 0 Å². The Morgan fingerprint density at radius 2 is 1.88 bits per heavy atom. The van der Waals surface area contributed by atoms with Crippen molar-refractivity contribution in [1.29, 1.82) is 0 Å². The molecule has 3 aromatic rings. The molecule has 0 bridgehead atoms. The quantitative estimate of drug-likeness (QED) is 0.354. The van der Waals surface area contributed by atoms with Crippen LogP contribution in [0.2, 0.25) is 0 Å². The lowest BCUT2D eigenvalue weighted by molar-refractivity contribution is -0.117. The Bertz CT molecular complexity index is 1130. The van der Waals surface area contributed by atoms with Crippen LogP contribution in [-0.2, 0) is 22.4 Å². The number of carbonyl (C=O) groups excluding carboxylic acids is 3. The molecule has 0 fully saturated rings. The molecule has 9 nitrogen and oxygen atoms in total. The third kappa shape index (κ3) is 6.99. The lowest BCUT2D eigenvalue weighted by Gasteiger charge is -2.21.